The van der Waals surface area contributed by atoms with Crippen LogP contribution in [0.25, 0.3) is 0 Å². The number of hydrogen-bond acceptors (Lipinski definition) is 5. The van der Waals surface area contributed by atoms with Crippen molar-refractivity contribution in [3.05, 3.63) is 59.3 Å². The highest BCUT2D eigenvalue weighted by Crippen LogP contribution is 2.39. The van der Waals surface area contributed by atoms with Gasteiger partial charge in [0.15, 0.2) is 0 Å². The summed E-state index contributed by atoms with van der Waals surface area (Å²) in [6, 6.07) is 13.6. The smallest absolute Gasteiger partial charge is 0.102 e. The molecule has 0 unspecified atom stereocenters. The van der Waals surface area contributed by atoms with E-state index >= 15 is 0 Å². The molecule has 1 aromatic carbocycles. The maximum Gasteiger partial charge on any atom is 0.102 e. The third-order valence-corrected chi connectivity index (χ3v) is 4.75. The molecule has 0 aliphatic rings. The van der Waals surface area contributed by atoms with Crippen LogP contribution in [-0.2, 0) is 6.61 Å². The monoisotopic (exact) mass is 318 g/mol. The number of aryl methyl sites for hydroxylation is 1. The number of aromatic nitrogens is 1. The van der Waals surface area contributed by atoms with Gasteiger partial charge in [-0.05, 0) is 25.0 Å². The minimum absolute atomic E-state index is 0.0385. The van der Waals surface area contributed by atoms with Gasteiger partial charge in [-0.15, -0.1) is 0 Å². The maximum absolute atomic E-state index is 9.50. The Balaban J connectivity index is 2.28. The van der Waals surface area contributed by atoms with Gasteiger partial charge < -0.3 is 15.9 Å². The fourth-order valence-corrected chi connectivity index (χ4v) is 3.58. The largest absolute Gasteiger partial charge is 0.395 e. The highest BCUT2D eigenvalue weighted by molar-refractivity contribution is 7.99. The summed E-state index contributed by atoms with van der Waals surface area (Å²) >= 11 is 1.59. The molecule has 5 heteroatoms. The molecule has 2 rings (SSSR count). The van der Waals surface area contributed by atoms with Crippen molar-refractivity contribution >= 4 is 11.8 Å². The molecule has 1 aromatic heterocycles. The molecule has 1 heterocycles. The standard InChI is InChI=1S/C17H22N2O2S/c1-12-7-8-14(10-20)17(19-12)22-16(9-15(18)11-21)13-5-3-2-4-6-13/h2-8,15-16,20-21H,9-11,18H2,1H3/t15-,16-/m1/s1. The summed E-state index contributed by atoms with van der Waals surface area (Å²) in [5.74, 6) is 0. The fraction of sp³-hybridized carbons (Fsp3) is 0.353. The number of hydrogen-bond donors (Lipinski definition) is 3. The molecule has 0 amide bonds. The summed E-state index contributed by atoms with van der Waals surface area (Å²) in [7, 11) is 0. The van der Waals surface area contributed by atoms with E-state index in [0.717, 1.165) is 21.8 Å². The van der Waals surface area contributed by atoms with Gasteiger partial charge in [0.25, 0.3) is 0 Å². The zero-order valence-electron chi connectivity index (χ0n) is 12.6. The van der Waals surface area contributed by atoms with E-state index in [4.69, 9.17) is 5.73 Å². The zero-order chi connectivity index (χ0) is 15.9. The van der Waals surface area contributed by atoms with Crippen molar-refractivity contribution in [1.82, 2.24) is 4.98 Å². The summed E-state index contributed by atoms with van der Waals surface area (Å²) < 4.78 is 0. The Kier molecular flexibility index (Phi) is 6.39. The molecule has 0 spiro atoms. The molecule has 2 atom stereocenters. The van der Waals surface area contributed by atoms with Crippen LogP contribution in [0.5, 0.6) is 0 Å². The molecule has 118 valence electrons. The Morgan fingerprint density at radius 2 is 1.86 bits per heavy atom. The van der Waals surface area contributed by atoms with Crippen LogP contribution in [0.4, 0.5) is 0 Å². The second-order valence-corrected chi connectivity index (χ2v) is 6.46. The number of rotatable bonds is 7. The topological polar surface area (TPSA) is 79.4 Å². The summed E-state index contributed by atoms with van der Waals surface area (Å²) in [6.45, 7) is 1.85. The quantitative estimate of drug-likeness (QED) is 0.683. The van der Waals surface area contributed by atoms with Crippen LogP contribution in [0, 0.1) is 6.92 Å². The fourth-order valence-electron chi connectivity index (χ4n) is 2.19. The van der Waals surface area contributed by atoms with E-state index in [9.17, 15) is 10.2 Å². The van der Waals surface area contributed by atoms with E-state index in [-0.39, 0.29) is 24.5 Å². The Morgan fingerprint density at radius 1 is 1.14 bits per heavy atom. The van der Waals surface area contributed by atoms with Gasteiger partial charge in [0.2, 0.25) is 0 Å². The first-order valence-electron chi connectivity index (χ1n) is 7.29. The first-order valence-corrected chi connectivity index (χ1v) is 8.17. The van der Waals surface area contributed by atoms with Gasteiger partial charge in [-0.2, -0.15) is 0 Å². The van der Waals surface area contributed by atoms with Crippen molar-refractivity contribution in [3.8, 4) is 0 Å². The van der Waals surface area contributed by atoms with E-state index in [1.165, 1.54) is 0 Å². The van der Waals surface area contributed by atoms with Gasteiger partial charge in [0.05, 0.1) is 13.2 Å². The lowest BCUT2D eigenvalue weighted by molar-refractivity contribution is 0.259. The normalized spacial score (nSPS) is 13.8. The van der Waals surface area contributed by atoms with Crippen molar-refractivity contribution < 1.29 is 10.2 Å². The van der Waals surface area contributed by atoms with E-state index in [0.29, 0.717) is 6.42 Å². The van der Waals surface area contributed by atoms with Gasteiger partial charge >= 0.3 is 0 Å². The minimum Gasteiger partial charge on any atom is -0.395 e. The lowest BCUT2D eigenvalue weighted by Crippen LogP contribution is -2.26. The molecule has 22 heavy (non-hydrogen) atoms. The molecule has 4 N–H and O–H groups in total. The molecule has 0 saturated heterocycles. The summed E-state index contributed by atoms with van der Waals surface area (Å²) in [4.78, 5) is 4.54. The lowest BCUT2D eigenvalue weighted by atomic mass is 10.1. The highest BCUT2D eigenvalue weighted by atomic mass is 32.2. The minimum atomic E-state index is -0.278. The molecule has 0 bridgehead atoms. The molecule has 0 aliphatic carbocycles. The van der Waals surface area contributed by atoms with Crippen molar-refractivity contribution in [3.63, 3.8) is 0 Å². The average Bonchev–Trinajstić information content (AvgIpc) is 2.55. The SMILES string of the molecule is Cc1ccc(CO)c(S[C@H](C[C@@H](N)CO)c2ccccc2)n1. The van der Waals surface area contributed by atoms with Gasteiger partial charge in [0, 0.05) is 22.5 Å². The predicted octanol–water partition coefficient (Wildman–Crippen LogP) is 2.43. The summed E-state index contributed by atoms with van der Waals surface area (Å²) in [5, 5.41) is 19.7. The molecule has 0 fully saturated rings. The van der Waals surface area contributed by atoms with E-state index in [2.05, 4.69) is 17.1 Å². The predicted molar refractivity (Wildman–Crippen MR) is 89.6 cm³/mol. The van der Waals surface area contributed by atoms with Crippen LogP contribution in [0.15, 0.2) is 47.5 Å². The molecule has 4 nitrogen and oxygen atoms in total. The molecule has 0 radical (unpaired) electrons. The van der Waals surface area contributed by atoms with Gasteiger partial charge in [-0.1, -0.05) is 48.2 Å². The number of nitrogens with two attached hydrogens (primary N) is 1. The Morgan fingerprint density at radius 3 is 2.50 bits per heavy atom. The number of nitrogens with zero attached hydrogens (tertiary/aromatic N) is 1. The third-order valence-electron chi connectivity index (χ3n) is 3.43. The Hall–Kier alpha value is -1.40. The number of thioether (sulfide) groups is 1. The molecular weight excluding hydrogens is 296 g/mol. The molecule has 0 aliphatic heterocycles. The van der Waals surface area contributed by atoms with Crippen LogP contribution < -0.4 is 5.73 Å². The Bertz CT molecular complexity index is 592. The molecular formula is C17H22N2O2S. The molecule has 2 aromatic rings. The van der Waals surface area contributed by atoms with E-state index in [1.807, 2.05) is 37.3 Å². The van der Waals surface area contributed by atoms with Crippen LogP contribution in [0.1, 0.15) is 28.5 Å². The summed E-state index contributed by atoms with van der Waals surface area (Å²) in [5.41, 5.74) is 8.80. The van der Waals surface area contributed by atoms with Crippen molar-refractivity contribution in [2.45, 2.75) is 36.3 Å². The number of benzene rings is 1. The second kappa shape index (κ2) is 8.29. The maximum atomic E-state index is 9.50. The number of pyridine rings is 1. The zero-order valence-corrected chi connectivity index (χ0v) is 13.5. The van der Waals surface area contributed by atoms with Crippen molar-refractivity contribution in [2.24, 2.45) is 5.73 Å². The van der Waals surface area contributed by atoms with Crippen LogP contribution in [0.2, 0.25) is 0 Å². The van der Waals surface area contributed by atoms with Gasteiger partial charge in [-0.3, -0.25) is 0 Å². The first-order chi connectivity index (χ1) is 10.6. The third kappa shape index (κ3) is 4.55. The lowest BCUT2D eigenvalue weighted by Gasteiger charge is -2.21. The van der Waals surface area contributed by atoms with Crippen molar-refractivity contribution in [2.75, 3.05) is 6.61 Å². The molecule has 0 saturated carbocycles. The van der Waals surface area contributed by atoms with Gasteiger partial charge in [0.1, 0.15) is 5.03 Å². The van der Waals surface area contributed by atoms with Gasteiger partial charge in [-0.25, -0.2) is 4.98 Å². The number of aliphatic hydroxyl groups is 2. The van der Waals surface area contributed by atoms with Crippen LogP contribution in [-0.4, -0.2) is 27.8 Å². The van der Waals surface area contributed by atoms with E-state index in [1.54, 1.807) is 11.8 Å². The second-order valence-electron chi connectivity index (χ2n) is 5.27. The first kappa shape index (κ1) is 17.0. The number of aliphatic hydroxyl groups excluding tert-OH is 2. The summed E-state index contributed by atoms with van der Waals surface area (Å²) in [6.07, 6.45) is 0.645. The van der Waals surface area contributed by atoms with Crippen LogP contribution in [0.3, 0.4) is 0 Å². The average molecular weight is 318 g/mol. The highest BCUT2D eigenvalue weighted by Gasteiger charge is 2.19. The van der Waals surface area contributed by atoms with Crippen LogP contribution >= 0.6 is 11.8 Å². The van der Waals surface area contributed by atoms with E-state index < -0.39 is 0 Å². The van der Waals surface area contributed by atoms with Crippen molar-refractivity contribution in [1.29, 1.82) is 0 Å². The Labute approximate surface area is 135 Å².